The smallest absolute Gasteiger partial charge is 0.146 e. The predicted molar refractivity (Wildman–Crippen MR) is 82.5 cm³/mol. The molecule has 2 aromatic carbocycles. The Kier molecular flexibility index (Phi) is 4.13. The van der Waals surface area contributed by atoms with Gasteiger partial charge in [0.25, 0.3) is 0 Å². The summed E-state index contributed by atoms with van der Waals surface area (Å²) in [6, 6.07) is 10.8. The molecule has 0 heterocycles. The van der Waals surface area contributed by atoms with Crippen molar-refractivity contribution in [2.24, 2.45) is 0 Å². The van der Waals surface area contributed by atoms with Gasteiger partial charge in [-0.1, -0.05) is 29.3 Å². The Morgan fingerprint density at radius 3 is 2.67 bits per heavy atom. The molecule has 0 aromatic heterocycles. The molecule has 4 heteroatoms. The number of ether oxygens (including phenoxy) is 1. The molecule has 0 amide bonds. The molecule has 0 radical (unpaired) electrons. The molecule has 1 N–H and O–H groups in total. The lowest BCUT2D eigenvalue weighted by atomic mass is 10.1. The third kappa shape index (κ3) is 3.74. The monoisotopic (exact) mass is 305 g/mol. The van der Waals surface area contributed by atoms with E-state index in [1.54, 1.807) is 6.07 Å². The molecule has 1 aliphatic carbocycles. The second-order valence-corrected chi connectivity index (χ2v) is 5.85. The van der Waals surface area contributed by atoms with Gasteiger partial charge in [0.05, 0.1) is 5.02 Å². The van der Waals surface area contributed by atoms with E-state index in [2.05, 4.69) is 18.3 Å². The van der Waals surface area contributed by atoms with Crippen LogP contribution < -0.4 is 10.1 Å². The van der Waals surface area contributed by atoms with Crippen molar-refractivity contribution in [3.8, 4) is 11.5 Å². The number of hydrogen-bond acceptors (Lipinski definition) is 2. The van der Waals surface area contributed by atoms with Gasteiger partial charge in [-0.05, 0) is 44.0 Å². The van der Waals surface area contributed by atoms with Crippen molar-refractivity contribution >= 4 is 11.6 Å². The first-order chi connectivity index (χ1) is 10.1. The van der Waals surface area contributed by atoms with Gasteiger partial charge in [0.15, 0.2) is 0 Å². The minimum absolute atomic E-state index is 0.275. The van der Waals surface area contributed by atoms with Gasteiger partial charge in [0.1, 0.15) is 17.3 Å². The van der Waals surface area contributed by atoms with Gasteiger partial charge in [-0.25, -0.2) is 4.39 Å². The van der Waals surface area contributed by atoms with Gasteiger partial charge in [-0.2, -0.15) is 0 Å². The van der Waals surface area contributed by atoms with Gasteiger partial charge in [0.2, 0.25) is 0 Å². The van der Waals surface area contributed by atoms with Crippen LogP contribution in [0.2, 0.25) is 5.02 Å². The topological polar surface area (TPSA) is 21.3 Å². The van der Waals surface area contributed by atoms with Crippen molar-refractivity contribution in [2.45, 2.75) is 32.4 Å². The molecule has 1 saturated carbocycles. The van der Waals surface area contributed by atoms with Crippen LogP contribution in [0.5, 0.6) is 11.5 Å². The van der Waals surface area contributed by atoms with Crippen LogP contribution in [0.4, 0.5) is 4.39 Å². The Bertz CT molecular complexity index is 655. The average molecular weight is 306 g/mol. The summed E-state index contributed by atoms with van der Waals surface area (Å²) < 4.78 is 18.9. The Labute approximate surface area is 128 Å². The molecule has 21 heavy (non-hydrogen) atoms. The van der Waals surface area contributed by atoms with Gasteiger partial charge < -0.3 is 10.1 Å². The molecule has 2 nitrogen and oxygen atoms in total. The third-order valence-electron chi connectivity index (χ3n) is 3.49. The van der Waals surface area contributed by atoms with Crippen LogP contribution in [0.3, 0.4) is 0 Å². The highest BCUT2D eigenvalue weighted by molar-refractivity contribution is 6.32. The molecule has 0 unspecified atom stereocenters. The molecule has 2 aromatic rings. The fraction of sp³-hybridized carbons (Fsp3) is 0.294. The van der Waals surface area contributed by atoms with Gasteiger partial charge >= 0.3 is 0 Å². The van der Waals surface area contributed by atoms with Crippen molar-refractivity contribution in [3.63, 3.8) is 0 Å². The lowest BCUT2D eigenvalue weighted by Gasteiger charge is -2.13. The lowest BCUT2D eigenvalue weighted by Crippen LogP contribution is -2.15. The maximum Gasteiger partial charge on any atom is 0.146 e. The number of rotatable bonds is 5. The summed E-state index contributed by atoms with van der Waals surface area (Å²) in [4.78, 5) is 0. The normalized spacial score (nSPS) is 14.2. The number of aryl methyl sites for hydroxylation is 1. The molecule has 110 valence electrons. The largest absolute Gasteiger partial charge is 0.455 e. The van der Waals surface area contributed by atoms with Crippen LogP contribution in [0, 0.1) is 12.7 Å². The van der Waals surface area contributed by atoms with E-state index >= 15 is 0 Å². The van der Waals surface area contributed by atoms with E-state index in [4.69, 9.17) is 16.3 Å². The van der Waals surface area contributed by atoms with Crippen LogP contribution in [0.1, 0.15) is 24.0 Å². The summed E-state index contributed by atoms with van der Waals surface area (Å²) in [5.41, 5.74) is 2.27. The van der Waals surface area contributed by atoms with E-state index < -0.39 is 0 Å². The number of benzene rings is 2. The lowest BCUT2D eigenvalue weighted by molar-refractivity contribution is 0.471. The van der Waals surface area contributed by atoms with Gasteiger partial charge in [0, 0.05) is 18.2 Å². The highest BCUT2D eigenvalue weighted by Gasteiger charge is 2.20. The molecule has 0 atom stereocenters. The van der Waals surface area contributed by atoms with Crippen molar-refractivity contribution in [1.29, 1.82) is 0 Å². The van der Waals surface area contributed by atoms with Crippen molar-refractivity contribution in [3.05, 3.63) is 58.4 Å². The highest BCUT2D eigenvalue weighted by Crippen LogP contribution is 2.32. The second kappa shape index (κ2) is 6.04. The molecule has 0 aliphatic heterocycles. The zero-order valence-corrected chi connectivity index (χ0v) is 12.6. The zero-order chi connectivity index (χ0) is 14.8. The maximum absolute atomic E-state index is 13.1. The maximum atomic E-state index is 13.1. The van der Waals surface area contributed by atoms with E-state index in [9.17, 15) is 4.39 Å². The average Bonchev–Trinajstić information content (AvgIpc) is 3.26. The minimum Gasteiger partial charge on any atom is -0.455 e. The Morgan fingerprint density at radius 2 is 1.95 bits per heavy atom. The zero-order valence-electron chi connectivity index (χ0n) is 11.8. The number of nitrogens with one attached hydrogen (secondary N) is 1. The molecule has 0 spiro atoms. The van der Waals surface area contributed by atoms with E-state index in [1.807, 2.05) is 12.1 Å². The Morgan fingerprint density at radius 1 is 1.19 bits per heavy atom. The van der Waals surface area contributed by atoms with E-state index in [0.29, 0.717) is 11.8 Å². The summed E-state index contributed by atoms with van der Waals surface area (Å²) in [7, 11) is 0. The van der Waals surface area contributed by atoms with Crippen molar-refractivity contribution in [1.82, 2.24) is 5.32 Å². The van der Waals surface area contributed by atoms with E-state index in [-0.39, 0.29) is 10.8 Å². The van der Waals surface area contributed by atoms with Crippen LogP contribution >= 0.6 is 11.6 Å². The predicted octanol–water partition coefficient (Wildman–Crippen LogP) is 4.83. The van der Waals surface area contributed by atoms with Gasteiger partial charge in [-0.15, -0.1) is 0 Å². The molecule has 0 bridgehead atoms. The first kappa shape index (κ1) is 14.4. The summed E-state index contributed by atoms with van der Waals surface area (Å²) in [5.74, 6) is 0.851. The van der Waals surface area contributed by atoms with E-state index in [0.717, 1.165) is 17.9 Å². The summed E-state index contributed by atoms with van der Waals surface area (Å²) in [6.45, 7) is 2.82. The minimum atomic E-state index is -0.369. The SMILES string of the molecule is Cc1ccc(Oc2ccc(F)cc2Cl)c(CNC2CC2)c1. The quantitative estimate of drug-likeness (QED) is 0.854. The molecular formula is C17H17ClFNO. The first-order valence-corrected chi connectivity index (χ1v) is 7.45. The first-order valence-electron chi connectivity index (χ1n) is 7.07. The fourth-order valence-corrected chi connectivity index (χ4v) is 2.37. The van der Waals surface area contributed by atoms with Crippen LogP contribution in [0.25, 0.3) is 0 Å². The van der Waals surface area contributed by atoms with Crippen LogP contribution in [-0.4, -0.2) is 6.04 Å². The summed E-state index contributed by atoms with van der Waals surface area (Å²) in [5, 5.41) is 3.75. The van der Waals surface area contributed by atoms with Crippen molar-refractivity contribution in [2.75, 3.05) is 0 Å². The fourth-order valence-electron chi connectivity index (χ4n) is 2.16. The molecule has 1 aliphatic rings. The second-order valence-electron chi connectivity index (χ2n) is 5.44. The Balaban J connectivity index is 1.82. The molecule has 0 saturated heterocycles. The van der Waals surface area contributed by atoms with Gasteiger partial charge in [-0.3, -0.25) is 0 Å². The standard InChI is InChI=1S/C17H17ClFNO/c1-11-2-6-16(12(8-11)10-20-14-4-5-14)21-17-7-3-13(19)9-15(17)18/h2-3,6-9,14,20H,4-5,10H2,1H3. The van der Waals surface area contributed by atoms with E-state index in [1.165, 1.54) is 30.5 Å². The number of halogens is 2. The summed E-state index contributed by atoms with van der Waals surface area (Å²) >= 11 is 6.02. The summed E-state index contributed by atoms with van der Waals surface area (Å²) in [6.07, 6.45) is 2.48. The van der Waals surface area contributed by atoms with Crippen LogP contribution in [0.15, 0.2) is 36.4 Å². The van der Waals surface area contributed by atoms with Crippen LogP contribution in [-0.2, 0) is 6.54 Å². The molecular weight excluding hydrogens is 289 g/mol. The molecule has 1 fully saturated rings. The van der Waals surface area contributed by atoms with Crippen molar-refractivity contribution < 1.29 is 9.13 Å². The highest BCUT2D eigenvalue weighted by atomic mass is 35.5. The number of hydrogen-bond donors (Lipinski definition) is 1. The Hall–Kier alpha value is -1.58. The molecule has 3 rings (SSSR count). The third-order valence-corrected chi connectivity index (χ3v) is 3.78.